The molecule has 0 aromatic heterocycles. The van der Waals surface area contributed by atoms with Crippen molar-refractivity contribution in [1.82, 2.24) is 0 Å². The second kappa shape index (κ2) is 7.02. The monoisotopic (exact) mass is 283 g/mol. The molecular formula is C16H23F2NO. The molecule has 1 saturated carbocycles. The Balaban J connectivity index is 0.000000432. The first-order valence-corrected chi connectivity index (χ1v) is 7.41. The van der Waals surface area contributed by atoms with E-state index in [1.54, 1.807) is 13.8 Å². The van der Waals surface area contributed by atoms with Gasteiger partial charge in [-0.05, 0) is 18.1 Å². The molecule has 0 unspecified atom stereocenters. The Kier molecular flexibility index (Phi) is 5.35. The van der Waals surface area contributed by atoms with Gasteiger partial charge in [0.05, 0.1) is 13.2 Å². The van der Waals surface area contributed by atoms with Crippen LogP contribution < -0.4 is 4.90 Å². The molecule has 2 aliphatic rings. The van der Waals surface area contributed by atoms with Gasteiger partial charge in [-0.2, -0.15) is 0 Å². The van der Waals surface area contributed by atoms with Gasteiger partial charge in [0.25, 0.3) is 0 Å². The molecule has 0 bridgehead atoms. The van der Waals surface area contributed by atoms with Crippen molar-refractivity contribution in [1.29, 1.82) is 0 Å². The molecule has 1 aliphatic heterocycles. The van der Waals surface area contributed by atoms with Crippen LogP contribution in [0.2, 0.25) is 0 Å². The van der Waals surface area contributed by atoms with Crippen LogP contribution in [0.3, 0.4) is 0 Å². The number of benzene rings is 1. The molecule has 1 heterocycles. The van der Waals surface area contributed by atoms with Gasteiger partial charge in [-0.25, -0.2) is 8.78 Å². The van der Waals surface area contributed by atoms with E-state index >= 15 is 0 Å². The second-order valence-corrected chi connectivity index (χ2v) is 5.64. The predicted octanol–water partition coefficient (Wildman–Crippen LogP) is 4.10. The number of anilines is 1. The minimum atomic E-state index is -0.457. The van der Waals surface area contributed by atoms with Crippen molar-refractivity contribution in [2.75, 3.05) is 31.2 Å². The van der Waals surface area contributed by atoms with Gasteiger partial charge in [-0.15, -0.1) is 0 Å². The normalized spacial score (nSPS) is 17.8. The lowest BCUT2D eigenvalue weighted by molar-refractivity contribution is 0.122. The Hall–Kier alpha value is -1.16. The number of halogens is 2. The summed E-state index contributed by atoms with van der Waals surface area (Å²) in [6.45, 7) is 6.15. The lowest BCUT2D eigenvalue weighted by Gasteiger charge is -2.29. The summed E-state index contributed by atoms with van der Waals surface area (Å²) in [5, 5.41) is 0. The summed E-state index contributed by atoms with van der Waals surface area (Å²) in [5.74, 6) is -1.06. The van der Waals surface area contributed by atoms with Crippen molar-refractivity contribution in [3.63, 3.8) is 0 Å². The molecule has 112 valence electrons. The standard InChI is InChI=1S/C13H17F2NO.C3H6/c1-9(2)13-11(14)7-10(8-12(13)15)16-3-5-17-6-4-16;1-2-3-1/h7-9H,3-6H2,1-2H3;1-3H2. The first-order valence-electron chi connectivity index (χ1n) is 7.41. The summed E-state index contributed by atoms with van der Waals surface area (Å²) in [6.07, 6.45) is 4.50. The highest BCUT2D eigenvalue weighted by molar-refractivity contribution is 5.49. The zero-order valence-electron chi connectivity index (χ0n) is 12.3. The number of hydrogen-bond acceptors (Lipinski definition) is 2. The molecule has 0 amide bonds. The zero-order chi connectivity index (χ0) is 14.5. The lowest BCUT2D eigenvalue weighted by Crippen LogP contribution is -2.36. The quantitative estimate of drug-likeness (QED) is 0.810. The van der Waals surface area contributed by atoms with E-state index in [9.17, 15) is 8.78 Å². The number of ether oxygens (including phenoxy) is 1. The van der Waals surface area contributed by atoms with Crippen LogP contribution in [0, 0.1) is 11.6 Å². The molecule has 20 heavy (non-hydrogen) atoms. The fourth-order valence-corrected chi connectivity index (χ4v) is 2.13. The van der Waals surface area contributed by atoms with Crippen molar-refractivity contribution in [3.8, 4) is 0 Å². The van der Waals surface area contributed by atoms with Crippen molar-refractivity contribution < 1.29 is 13.5 Å². The van der Waals surface area contributed by atoms with Crippen LogP contribution in [-0.2, 0) is 4.74 Å². The van der Waals surface area contributed by atoms with Gasteiger partial charge in [0, 0.05) is 24.3 Å². The Morgan fingerprint density at radius 2 is 1.50 bits per heavy atom. The van der Waals surface area contributed by atoms with E-state index < -0.39 is 11.6 Å². The third kappa shape index (κ3) is 4.17. The van der Waals surface area contributed by atoms with Gasteiger partial charge >= 0.3 is 0 Å². The fraction of sp³-hybridized carbons (Fsp3) is 0.625. The largest absolute Gasteiger partial charge is 0.378 e. The Morgan fingerprint density at radius 1 is 1.00 bits per heavy atom. The van der Waals surface area contributed by atoms with Gasteiger partial charge in [0.15, 0.2) is 0 Å². The Bertz CT molecular complexity index is 414. The van der Waals surface area contributed by atoms with Crippen molar-refractivity contribution in [2.24, 2.45) is 0 Å². The van der Waals surface area contributed by atoms with E-state index in [0.717, 1.165) is 0 Å². The highest BCUT2D eigenvalue weighted by atomic mass is 19.1. The minimum absolute atomic E-state index is 0.145. The Morgan fingerprint density at radius 3 is 1.90 bits per heavy atom. The van der Waals surface area contributed by atoms with E-state index in [1.165, 1.54) is 31.4 Å². The maximum absolute atomic E-state index is 13.8. The molecular weight excluding hydrogens is 260 g/mol. The molecule has 0 radical (unpaired) electrons. The first kappa shape index (κ1) is 15.2. The van der Waals surface area contributed by atoms with Gasteiger partial charge in [-0.1, -0.05) is 33.1 Å². The summed E-state index contributed by atoms with van der Waals surface area (Å²) >= 11 is 0. The van der Waals surface area contributed by atoms with E-state index in [0.29, 0.717) is 32.0 Å². The number of rotatable bonds is 2. The molecule has 0 atom stereocenters. The molecule has 2 nitrogen and oxygen atoms in total. The van der Waals surface area contributed by atoms with Crippen LogP contribution in [0.25, 0.3) is 0 Å². The third-order valence-corrected chi connectivity index (χ3v) is 3.37. The fourth-order valence-electron chi connectivity index (χ4n) is 2.13. The van der Waals surface area contributed by atoms with E-state index in [-0.39, 0.29) is 11.5 Å². The molecule has 4 heteroatoms. The minimum Gasteiger partial charge on any atom is -0.378 e. The van der Waals surface area contributed by atoms with Crippen molar-refractivity contribution >= 4 is 5.69 Å². The van der Waals surface area contributed by atoms with Crippen LogP contribution in [0.1, 0.15) is 44.6 Å². The highest BCUT2D eigenvalue weighted by Crippen LogP contribution is 2.27. The molecule has 2 fully saturated rings. The van der Waals surface area contributed by atoms with E-state index in [2.05, 4.69) is 0 Å². The molecule has 1 saturated heterocycles. The third-order valence-electron chi connectivity index (χ3n) is 3.37. The maximum Gasteiger partial charge on any atom is 0.131 e. The van der Waals surface area contributed by atoms with Crippen molar-refractivity contribution in [2.45, 2.75) is 39.0 Å². The second-order valence-electron chi connectivity index (χ2n) is 5.64. The molecule has 3 rings (SSSR count). The summed E-state index contributed by atoms with van der Waals surface area (Å²) in [5.41, 5.74) is 0.773. The van der Waals surface area contributed by atoms with Crippen LogP contribution >= 0.6 is 0 Å². The maximum atomic E-state index is 13.8. The topological polar surface area (TPSA) is 12.5 Å². The van der Waals surface area contributed by atoms with Crippen LogP contribution in [-0.4, -0.2) is 26.3 Å². The highest BCUT2D eigenvalue weighted by Gasteiger charge is 2.18. The zero-order valence-corrected chi connectivity index (χ0v) is 12.3. The molecule has 1 aromatic rings. The number of nitrogens with zero attached hydrogens (tertiary/aromatic N) is 1. The number of morpholine rings is 1. The summed E-state index contributed by atoms with van der Waals surface area (Å²) in [4.78, 5) is 1.94. The molecule has 0 spiro atoms. The number of hydrogen-bond donors (Lipinski definition) is 0. The lowest BCUT2D eigenvalue weighted by atomic mass is 10.0. The van der Waals surface area contributed by atoms with Crippen molar-refractivity contribution in [3.05, 3.63) is 29.3 Å². The summed E-state index contributed by atoms with van der Waals surface area (Å²) in [6, 6.07) is 2.84. The van der Waals surface area contributed by atoms with Gasteiger partial charge in [0.2, 0.25) is 0 Å². The average Bonchev–Trinajstić information content (AvgIpc) is 3.26. The van der Waals surface area contributed by atoms with Gasteiger partial charge in [-0.3, -0.25) is 0 Å². The van der Waals surface area contributed by atoms with Gasteiger partial charge in [0.1, 0.15) is 11.6 Å². The average molecular weight is 283 g/mol. The summed E-state index contributed by atoms with van der Waals surface area (Å²) in [7, 11) is 0. The van der Waals surface area contributed by atoms with Gasteiger partial charge < -0.3 is 9.64 Å². The molecule has 1 aromatic carbocycles. The Labute approximate surface area is 119 Å². The van der Waals surface area contributed by atoms with Crippen LogP contribution in [0.5, 0.6) is 0 Å². The predicted molar refractivity (Wildman–Crippen MR) is 77.3 cm³/mol. The SMILES string of the molecule is C1CC1.CC(C)c1c(F)cc(N2CCOCC2)cc1F. The van der Waals surface area contributed by atoms with E-state index in [1.807, 2.05) is 4.90 Å². The first-order chi connectivity index (χ1) is 9.59. The van der Waals surface area contributed by atoms with Crippen LogP contribution in [0.4, 0.5) is 14.5 Å². The molecule has 1 aliphatic carbocycles. The molecule has 0 N–H and O–H groups in total. The van der Waals surface area contributed by atoms with E-state index in [4.69, 9.17) is 4.74 Å². The van der Waals surface area contributed by atoms with Crippen LogP contribution in [0.15, 0.2) is 12.1 Å². The smallest absolute Gasteiger partial charge is 0.131 e. The summed E-state index contributed by atoms with van der Waals surface area (Å²) < 4.78 is 32.9.